The Balaban J connectivity index is 1.98. The fourth-order valence-electron chi connectivity index (χ4n) is 3.86. The summed E-state index contributed by atoms with van der Waals surface area (Å²) in [5.74, 6) is 1.41. The first kappa shape index (κ1) is 10.6. The molecule has 0 bridgehead atoms. The van der Waals surface area contributed by atoms with Gasteiger partial charge in [0.25, 0.3) is 0 Å². The zero-order valence-electron chi connectivity index (χ0n) is 10.5. The van der Waals surface area contributed by atoms with E-state index < -0.39 is 0 Å². The van der Waals surface area contributed by atoms with E-state index in [0.717, 1.165) is 12.5 Å². The van der Waals surface area contributed by atoms with Gasteiger partial charge in [0.1, 0.15) is 0 Å². The van der Waals surface area contributed by atoms with Crippen LogP contribution < -0.4 is 0 Å². The van der Waals surface area contributed by atoms with Crippen molar-refractivity contribution in [3.63, 3.8) is 0 Å². The molecule has 4 atom stereocenters. The highest BCUT2D eigenvalue weighted by Crippen LogP contribution is 2.54. The Hall–Kier alpha value is -0.560. The summed E-state index contributed by atoms with van der Waals surface area (Å²) in [6.07, 6.45) is 8.09. The van der Waals surface area contributed by atoms with Gasteiger partial charge in [-0.1, -0.05) is 32.1 Å². The Labute approximate surface area is 98.6 Å². The van der Waals surface area contributed by atoms with Crippen molar-refractivity contribution in [3.05, 3.63) is 23.8 Å². The molecule has 3 aliphatic rings. The largest absolute Gasteiger partial charge is 0.369 e. The lowest BCUT2D eigenvalue weighted by atomic mass is 9.58. The van der Waals surface area contributed by atoms with Gasteiger partial charge in [-0.3, -0.25) is 0 Å². The van der Waals surface area contributed by atoms with Crippen molar-refractivity contribution < 1.29 is 4.74 Å². The molecule has 1 heteroatoms. The van der Waals surface area contributed by atoms with Gasteiger partial charge in [0.2, 0.25) is 0 Å². The van der Waals surface area contributed by atoms with Gasteiger partial charge in [-0.15, -0.1) is 0 Å². The van der Waals surface area contributed by atoms with Crippen molar-refractivity contribution in [2.45, 2.75) is 45.6 Å². The number of ether oxygens (including phenoxy) is 1. The van der Waals surface area contributed by atoms with Crippen molar-refractivity contribution in [1.82, 2.24) is 0 Å². The predicted octanol–water partition coefficient (Wildman–Crippen LogP) is 3.71. The molecule has 1 nitrogen and oxygen atoms in total. The Bertz CT molecular complexity index is 354. The van der Waals surface area contributed by atoms with Gasteiger partial charge in [0, 0.05) is 5.92 Å². The molecular weight excluding hydrogens is 196 g/mol. The highest BCUT2D eigenvalue weighted by atomic mass is 16.5. The molecular formula is C15H22O. The van der Waals surface area contributed by atoms with E-state index in [0.29, 0.717) is 17.4 Å². The van der Waals surface area contributed by atoms with E-state index >= 15 is 0 Å². The van der Waals surface area contributed by atoms with Crippen molar-refractivity contribution in [2.24, 2.45) is 17.3 Å². The van der Waals surface area contributed by atoms with Gasteiger partial charge in [0.05, 0.1) is 12.7 Å². The first-order chi connectivity index (χ1) is 7.61. The molecule has 2 aliphatic carbocycles. The second-order valence-corrected chi connectivity index (χ2v) is 6.15. The van der Waals surface area contributed by atoms with E-state index in [9.17, 15) is 0 Å². The summed E-state index contributed by atoms with van der Waals surface area (Å²) in [7, 11) is 0. The van der Waals surface area contributed by atoms with E-state index in [2.05, 4.69) is 26.5 Å². The van der Waals surface area contributed by atoms with E-state index in [1.807, 2.05) is 0 Å². The molecule has 0 N–H and O–H groups in total. The Kier molecular flexibility index (Phi) is 2.29. The molecule has 1 saturated heterocycles. The molecule has 88 valence electrons. The quantitative estimate of drug-likeness (QED) is 0.563. The number of fused-ring (bicyclic) bond motifs is 2. The maximum Gasteiger partial charge on any atom is 0.0829 e. The minimum atomic E-state index is 0.348. The molecule has 0 radical (unpaired) electrons. The molecule has 3 rings (SSSR count). The summed E-state index contributed by atoms with van der Waals surface area (Å²) in [6.45, 7) is 9.84. The second kappa shape index (κ2) is 3.46. The average molecular weight is 218 g/mol. The van der Waals surface area contributed by atoms with E-state index in [1.165, 1.54) is 31.3 Å². The maximum absolute atomic E-state index is 5.82. The van der Waals surface area contributed by atoms with Crippen LogP contribution in [-0.4, -0.2) is 12.7 Å². The van der Waals surface area contributed by atoms with Crippen LogP contribution in [0.5, 0.6) is 0 Å². The van der Waals surface area contributed by atoms with Gasteiger partial charge in [0.15, 0.2) is 0 Å². The van der Waals surface area contributed by atoms with Crippen LogP contribution in [-0.2, 0) is 4.74 Å². The van der Waals surface area contributed by atoms with Crippen LogP contribution in [0, 0.1) is 17.3 Å². The molecule has 0 aromatic carbocycles. The Morgan fingerprint density at radius 2 is 2.31 bits per heavy atom. The van der Waals surface area contributed by atoms with E-state index in [1.54, 1.807) is 5.57 Å². The Morgan fingerprint density at radius 1 is 1.50 bits per heavy atom. The van der Waals surface area contributed by atoms with Crippen molar-refractivity contribution in [2.75, 3.05) is 6.61 Å². The zero-order valence-corrected chi connectivity index (χ0v) is 10.5. The smallest absolute Gasteiger partial charge is 0.0829 e. The molecule has 0 amide bonds. The Morgan fingerprint density at radius 3 is 3.12 bits per heavy atom. The van der Waals surface area contributed by atoms with Gasteiger partial charge in [-0.05, 0) is 42.6 Å². The summed E-state index contributed by atoms with van der Waals surface area (Å²) in [4.78, 5) is 0. The third kappa shape index (κ3) is 1.34. The average Bonchev–Trinajstić information content (AvgIpc) is 2.59. The van der Waals surface area contributed by atoms with Gasteiger partial charge in [-0.2, -0.15) is 0 Å². The molecule has 0 aromatic heterocycles. The monoisotopic (exact) mass is 218 g/mol. The fourth-order valence-corrected chi connectivity index (χ4v) is 3.86. The number of hydrogen-bond acceptors (Lipinski definition) is 1. The summed E-state index contributed by atoms with van der Waals surface area (Å²) < 4.78 is 5.82. The zero-order chi connectivity index (χ0) is 11.3. The molecule has 2 fully saturated rings. The summed E-state index contributed by atoms with van der Waals surface area (Å²) in [5.41, 5.74) is 3.41. The highest BCUT2D eigenvalue weighted by Gasteiger charge is 2.46. The SMILES string of the molecule is C=C1CO[C@H]2C=C3CCC[C@@H](C)[C@]3(C)C[C@@H]12. The van der Waals surface area contributed by atoms with E-state index in [-0.39, 0.29) is 0 Å². The number of allylic oxidation sites excluding steroid dienone is 1. The topological polar surface area (TPSA) is 9.23 Å². The van der Waals surface area contributed by atoms with Crippen LogP contribution in [0.4, 0.5) is 0 Å². The third-order valence-electron chi connectivity index (χ3n) is 5.30. The molecule has 0 unspecified atom stereocenters. The van der Waals surface area contributed by atoms with Crippen LogP contribution >= 0.6 is 0 Å². The fraction of sp³-hybridized carbons (Fsp3) is 0.733. The number of rotatable bonds is 0. The van der Waals surface area contributed by atoms with Gasteiger partial charge >= 0.3 is 0 Å². The number of hydrogen-bond donors (Lipinski definition) is 0. The summed E-state index contributed by atoms with van der Waals surface area (Å²) >= 11 is 0. The molecule has 1 heterocycles. The highest BCUT2D eigenvalue weighted by molar-refractivity contribution is 5.29. The minimum Gasteiger partial charge on any atom is -0.369 e. The first-order valence-corrected chi connectivity index (χ1v) is 6.62. The molecule has 1 aliphatic heterocycles. The van der Waals surface area contributed by atoms with Crippen LogP contribution in [0.3, 0.4) is 0 Å². The minimum absolute atomic E-state index is 0.348. The normalized spacial score (nSPS) is 47.2. The van der Waals surface area contributed by atoms with Crippen LogP contribution in [0.15, 0.2) is 23.8 Å². The third-order valence-corrected chi connectivity index (χ3v) is 5.30. The lowest BCUT2D eigenvalue weighted by Gasteiger charge is -2.47. The molecule has 1 saturated carbocycles. The van der Waals surface area contributed by atoms with Gasteiger partial charge in [-0.25, -0.2) is 0 Å². The van der Waals surface area contributed by atoms with Crippen molar-refractivity contribution in [1.29, 1.82) is 0 Å². The standard InChI is InChI=1S/C15H22O/c1-10-9-16-14-7-12-6-4-5-11(2)15(12,3)8-13(10)14/h7,11,13-14H,1,4-6,8-9H2,2-3H3/t11-,13+,14+,15+/m1/s1. The summed E-state index contributed by atoms with van der Waals surface area (Å²) in [6, 6.07) is 0. The van der Waals surface area contributed by atoms with Crippen molar-refractivity contribution >= 4 is 0 Å². The van der Waals surface area contributed by atoms with Crippen LogP contribution in [0.25, 0.3) is 0 Å². The lowest BCUT2D eigenvalue weighted by Crippen LogP contribution is -2.39. The molecule has 0 aromatic rings. The second-order valence-electron chi connectivity index (χ2n) is 6.15. The van der Waals surface area contributed by atoms with Crippen molar-refractivity contribution in [3.8, 4) is 0 Å². The van der Waals surface area contributed by atoms with Crippen LogP contribution in [0.1, 0.15) is 39.5 Å². The molecule has 0 spiro atoms. The van der Waals surface area contributed by atoms with Crippen LogP contribution in [0.2, 0.25) is 0 Å². The molecule has 16 heavy (non-hydrogen) atoms. The summed E-state index contributed by atoms with van der Waals surface area (Å²) in [5, 5.41) is 0. The van der Waals surface area contributed by atoms with E-state index in [4.69, 9.17) is 4.74 Å². The van der Waals surface area contributed by atoms with Gasteiger partial charge < -0.3 is 4.74 Å². The first-order valence-electron chi connectivity index (χ1n) is 6.62. The lowest BCUT2D eigenvalue weighted by molar-refractivity contribution is 0.0763. The predicted molar refractivity (Wildman–Crippen MR) is 66.2 cm³/mol. The maximum atomic E-state index is 5.82.